The van der Waals surface area contributed by atoms with Crippen LogP contribution in [0.5, 0.6) is 17.2 Å². The number of hydrogen-bond acceptors (Lipinski definition) is 5. The molecule has 1 aromatic rings. The van der Waals surface area contributed by atoms with Crippen LogP contribution in [-0.4, -0.2) is 24.3 Å². The van der Waals surface area contributed by atoms with Gasteiger partial charge in [-0.15, -0.1) is 0 Å². The third kappa shape index (κ3) is 1.66. The van der Waals surface area contributed by atoms with Gasteiger partial charge < -0.3 is 19.4 Å². The highest BCUT2D eigenvalue weighted by atomic mass is 35.5. The molecule has 1 aliphatic heterocycles. The van der Waals surface area contributed by atoms with Gasteiger partial charge >= 0.3 is 0 Å². The summed E-state index contributed by atoms with van der Waals surface area (Å²) in [6.07, 6.45) is 0. The molecule has 2 rings (SSSR count). The molecule has 0 bridgehead atoms. The Morgan fingerprint density at radius 2 is 2.33 bits per heavy atom. The van der Waals surface area contributed by atoms with Crippen molar-refractivity contribution in [2.24, 2.45) is 5.16 Å². The normalized spacial score (nSPS) is 14.1. The van der Waals surface area contributed by atoms with Crippen molar-refractivity contribution in [1.82, 2.24) is 0 Å². The molecule has 0 fully saturated rings. The molecule has 80 valence electrons. The first-order valence-corrected chi connectivity index (χ1v) is 4.49. The molecular formula is C9H8ClNO4. The smallest absolute Gasteiger partial charge is 0.231 e. The minimum atomic E-state index is -0.0356. The Morgan fingerprint density at radius 3 is 3.00 bits per heavy atom. The van der Waals surface area contributed by atoms with Gasteiger partial charge in [0.1, 0.15) is 0 Å². The quantitative estimate of drug-likeness (QED) is 0.477. The zero-order chi connectivity index (χ0) is 10.8. The molecule has 6 heteroatoms. The van der Waals surface area contributed by atoms with Gasteiger partial charge in [-0.2, -0.15) is 0 Å². The van der Waals surface area contributed by atoms with Crippen molar-refractivity contribution >= 4 is 16.8 Å². The fraction of sp³-hybridized carbons (Fsp3) is 0.222. The van der Waals surface area contributed by atoms with Gasteiger partial charge in [0, 0.05) is 5.56 Å². The van der Waals surface area contributed by atoms with Gasteiger partial charge in [-0.3, -0.25) is 0 Å². The number of rotatable bonds is 2. The Morgan fingerprint density at radius 1 is 1.53 bits per heavy atom. The molecule has 1 aromatic carbocycles. The molecule has 0 aliphatic carbocycles. The molecule has 1 aliphatic rings. The molecule has 0 amide bonds. The van der Waals surface area contributed by atoms with Crippen LogP contribution in [0.25, 0.3) is 0 Å². The van der Waals surface area contributed by atoms with Crippen LogP contribution >= 0.6 is 11.6 Å². The topological polar surface area (TPSA) is 60.3 Å². The molecule has 1 heterocycles. The highest BCUT2D eigenvalue weighted by Gasteiger charge is 2.21. The number of methoxy groups -OCH3 is 1. The second kappa shape index (κ2) is 3.86. The Labute approximate surface area is 90.8 Å². The third-order valence-corrected chi connectivity index (χ3v) is 2.28. The molecule has 1 N–H and O–H groups in total. The largest absolute Gasteiger partial charge is 0.493 e. The molecule has 0 unspecified atom stereocenters. The van der Waals surface area contributed by atoms with Crippen molar-refractivity contribution < 1.29 is 19.4 Å². The highest BCUT2D eigenvalue weighted by Crippen LogP contribution is 2.42. The molecule has 0 aromatic heterocycles. The van der Waals surface area contributed by atoms with Crippen molar-refractivity contribution in [1.29, 1.82) is 0 Å². The predicted molar refractivity (Wildman–Crippen MR) is 53.3 cm³/mol. The standard InChI is InChI=1S/C9H8ClNO4/c1-13-6-2-5(9(10)11-12)3-7-8(6)15-4-14-7/h2-3,12H,4H2,1H3/b11-9-. The summed E-state index contributed by atoms with van der Waals surface area (Å²) in [6.45, 7) is 0.142. The maximum absolute atomic E-state index is 8.54. The van der Waals surface area contributed by atoms with Crippen LogP contribution in [0.1, 0.15) is 5.56 Å². The van der Waals surface area contributed by atoms with E-state index in [1.807, 2.05) is 0 Å². The number of ether oxygens (including phenoxy) is 3. The lowest BCUT2D eigenvalue weighted by atomic mass is 10.2. The summed E-state index contributed by atoms with van der Waals surface area (Å²) < 4.78 is 15.5. The molecule has 0 atom stereocenters. The van der Waals surface area contributed by atoms with E-state index in [-0.39, 0.29) is 12.0 Å². The Kier molecular flexibility index (Phi) is 2.55. The number of hydrogen-bond donors (Lipinski definition) is 1. The number of nitrogens with zero attached hydrogens (tertiary/aromatic N) is 1. The van der Waals surface area contributed by atoms with Crippen LogP contribution in [-0.2, 0) is 0 Å². The van der Waals surface area contributed by atoms with Gasteiger partial charge in [0.15, 0.2) is 16.7 Å². The second-order valence-corrected chi connectivity index (χ2v) is 3.16. The van der Waals surface area contributed by atoms with E-state index in [1.54, 1.807) is 12.1 Å². The van der Waals surface area contributed by atoms with Crippen LogP contribution < -0.4 is 14.2 Å². The van der Waals surface area contributed by atoms with E-state index in [2.05, 4.69) is 5.16 Å². The lowest BCUT2D eigenvalue weighted by molar-refractivity contribution is 0.171. The van der Waals surface area contributed by atoms with Gasteiger partial charge in [-0.25, -0.2) is 0 Å². The fourth-order valence-electron chi connectivity index (χ4n) is 1.31. The summed E-state index contributed by atoms with van der Waals surface area (Å²) in [7, 11) is 1.51. The Bertz CT molecular complexity index is 419. The zero-order valence-corrected chi connectivity index (χ0v) is 8.61. The van der Waals surface area contributed by atoms with Crippen molar-refractivity contribution in [3.63, 3.8) is 0 Å². The fourth-order valence-corrected chi connectivity index (χ4v) is 1.42. The summed E-state index contributed by atoms with van der Waals surface area (Å²) in [5, 5.41) is 11.4. The molecule has 5 nitrogen and oxygen atoms in total. The summed E-state index contributed by atoms with van der Waals surface area (Å²) in [5.41, 5.74) is 0.500. The van der Waals surface area contributed by atoms with Crippen LogP contribution in [0.4, 0.5) is 0 Å². The van der Waals surface area contributed by atoms with E-state index in [9.17, 15) is 0 Å². The van der Waals surface area contributed by atoms with Crippen LogP contribution in [0.15, 0.2) is 17.3 Å². The van der Waals surface area contributed by atoms with Crippen LogP contribution in [0.2, 0.25) is 0 Å². The first kappa shape index (κ1) is 9.92. The number of halogens is 1. The van der Waals surface area contributed by atoms with Gasteiger partial charge in [-0.05, 0) is 12.1 Å². The SMILES string of the molecule is COc1cc(/C(Cl)=N/O)cc2c1OCO2. The summed E-state index contributed by atoms with van der Waals surface area (Å²) in [5.74, 6) is 1.54. The monoisotopic (exact) mass is 229 g/mol. The predicted octanol–water partition coefficient (Wildman–Crippen LogP) is 1.80. The molecule has 0 spiro atoms. The number of benzene rings is 1. The van der Waals surface area contributed by atoms with Crippen LogP contribution in [0.3, 0.4) is 0 Å². The van der Waals surface area contributed by atoms with E-state index in [0.717, 1.165) is 0 Å². The van der Waals surface area contributed by atoms with E-state index in [4.69, 9.17) is 31.0 Å². The van der Waals surface area contributed by atoms with Crippen molar-refractivity contribution in [2.45, 2.75) is 0 Å². The van der Waals surface area contributed by atoms with Crippen molar-refractivity contribution in [3.05, 3.63) is 17.7 Å². The van der Waals surface area contributed by atoms with E-state index in [1.165, 1.54) is 7.11 Å². The Balaban J connectivity index is 2.52. The average molecular weight is 230 g/mol. The first-order valence-electron chi connectivity index (χ1n) is 4.12. The van der Waals surface area contributed by atoms with Gasteiger partial charge in [-0.1, -0.05) is 16.8 Å². The van der Waals surface area contributed by atoms with E-state index in [0.29, 0.717) is 22.8 Å². The average Bonchev–Trinajstić information content (AvgIpc) is 2.74. The lowest BCUT2D eigenvalue weighted by Crippen LogP contribution is -1.94. The Hall–Kier alpha value is -1.62. The minimum absolute atomic E-state index is 0.0356. The van der Waals surface area contributed by atoms with Crippen molar-refractivity contribution in [3.8, 4) is 17.2 Å². The summed E-state index contributed by atoms with van der Waals surface area (Å²) >= 11 is 5.67. The summed E-state index contributed by atoms with van der Waals surface area (Å²) in [4.78, 5) is 0. The molecule has 0 saturated heterocycles. The lowest BCUT2D eigenvalue weighted by Gasteiger charge is -2.06. The van der Waals surface area contributed by atoms with E-state index < -0.39 is 0 Å². The van der Waals surface area contributed by atoms with Gasteiger partial charge in [0.25, 0.3) is 0 Å². The third-order valence-electron chi connectivity index (χ3n) is 1.98. The zero-order valence-electron chi connectivity index (χ0n) is 7.86. The molecular weight excluding hydrogens is 222 g/mol. The van der Waals surface area contributed by atoms with Gasteiger partial charge in [0.2, 0.25) is 12.5 Å². The van der Waals surface area contributed by atoms with Gasteiger partial charge in [0.05, 0.1) is 7.11 Å². The van der Waals surface area contributed by atoms with Crippen LogP contribution in [0, 0.1) is 0 Å². The molecule has 0 radical (unpaired) electrons. The van der Waals surface area contributed by atoms with E-state index >= 15 is 0 Å². The summed E-state index contributed by atoms with van der Waals surface area (Å²) in [6, 6.07) is 3.22. The highest BCUT2D eigenvalue weighted by molar-refractivity contribution is 6.69. The van der Waals surface area contributed by atoms with Crippen molar-refractivity contribution in [2.75, 3.05) is 13.9 Å². The number of oxime groups is 1. The molecule has 0 saturated carbocycles. The number of fused-ring (bicyclic) bond motifs is 1. The maximum Gasteiger partial charge on any atom is 0.231 e. The minimum Gasteiger partial charge on any atom is -0.493 e. The molecule has 15 heavy (non-hydrogen) atoms. The maximum atomic E-state index is 8.54. The first-order chi connectivity index (χ1) is 7.26. The second-order valence-electron chi connectivity index (χ2n) is 2.80.